The minimum atomic E-state index is -0.210. The molecule has 0 aromatic carbocycles. The van der Waals surface area contributed by atoms with Crippen molar-refractivity contribution in [2.24, 2.45) is 11.3 Å². The second-order valence-electron chi connectivity index (χ2n) is 5.43. The fourth-order valence-electron chi connectivity index (χ4n) is 2.95. The van der Waals surface area contributed by atoms with Gasteiger partial charge >= 0.3 is 5.97 Å². The molecule has 3 aliphatic rings. The number of carbonyl (C=O) groups excluding carboxylic acids is 1. The van der Waals surface area contributed by atoms with E-state index < -0.39 is 0 Å². The van der Waals surface area contributed by atoms with Crippen LogP contribution in [-0.2, 0) is 14.3 Å². The third kappa shape index (κ3) is 1.47. The first-order chi connectivity index (χ1) is 8.51. The van der Waals surface area contributed by atoms with Crippen molar-refractivity contribution in [3.8, 4) is 0 Å². The summed E-state index contributed by atoms with van der Waals surface area (Å²) in [6, 6.07) is 0. The monoisotopic (exact) mass is 244 g/mol. The van der Waals surface area contributed by atoms with E-state index in [9.17, 15) is 4.79 Å². The van der Waals surface area contributed by atoms with E-state index in [0.29, 0.717) is 5.92 Å². The zero-order valence-corrected chi connectivity index (χ0v) is 10.8. The highest BCUT2D eigenvalue weighted by molar-refractivity contribution is 5.94. The van der Waals surface area contributed by atoms with Crippen molar-refractivity contribution in [3.05, 3.63) is 47.2 Å². The number of ether oxygens (including phenoxy) is 2. The van der Waals surface area contributed by atoms with E-state index in [1.54, 1.807) is 12.5 Å². The Balaban J connectivity index is 2.14. The summed E-state index contributed by atoms with van der Waals surface area (Å²) in [7, 11) is 0. The van der Waals surface area contributed by atoms with Gasteiger partial charge in [-0.05, 0) is 43.9 Å². The van der Waals surface area contributed by atoms with Crippen LogP contribution in [0.15, 0.2) is 47.2 Å². The molecule has 3 nitrogen and oxygen atoms in total. The molecule has 3 heteroatoms. The van der Waals surface area contributed by atoms with E-state index in [-0.39, 0.29) is 11.4 Å². The second kappa shape index (κ2) is 3.61. The Hall–Kier alpha value is -1.77. The van der Waals surface area contributed by atoms with Crippen molar-refractivity contribution in [2.45, 2.75) is 27.2 Å². The summed E-state index contributed by atoms with van der Waals surface area (Å²) < 4.78 is 10.7. The summed E-state index contributed by atoms with van der Waals surface area (Å²) in [5, 5.41) is 0. The van der Waals surface area contributed by atoms with Crippen molar-refractivity contribution >= 4 is 5.97 Å². The lowest BCUT2D eigenvalue weighted by atomic mass is 9.67. The van der Waals surface area contributed by atoms with Crippen LogP contribution in [-0.4, -0.2) is 5.97 Å². The molecule has 94 valence electrons. The fourth-order valence-corrected chi connectivity index (χ4v) is 2.95. The van der Waals surface area contributed by atoms with Gasteiger partial charge in [0.25, 0.3) is 0 Å². The zero-order chi connectivity index (χ0) is 12.9. The van der Waals surface area contributed by atoms with Crippen molar-refractivity contribution < 1.29 is 14.3 Å². The topological polar surface area (TPSA) is 35.5 Å². The van der Waals surface area contributed by atoms with Gasteiger partial charge in [0.15, 0.2) is 0 Å². The average Bonchev–Trinajstić information content (AvgIpc) is 2.49. The van der Waals surface area contributed by atoms with Gasteiger partial charge in [-0.15, -0.1) is 0 Å². The van der Waals surface area contributed by atoms with Crippen LogP contribution in [0.1, 0.15) is 27.2 Å². The maximum absolute atomic E-state index is 11.6. The van der Waals surface area contributed by atoms with E-state index in [1.165, 1.54) is 5.57 Å². The maximum atomic E-state index is 11.6. The molecule has 2 aliphatic heterocycles. The van der Waals surface area contributed by atoms with E-state index >= 15 is 0 Å². The van der Waals surface area contributed by atoms with E-state index in [0.717, 1.165) is 23.3 Å². The molecule has 2 heterocycles. The molecular formula is C15H16O3. The first kappa shape index (κ1) is 11.3. The Morgan fingerprint density at radius 2 is 2.17 bits per heavy atom. The molecule has 0 fully saturated rings. The normalized spacial score (nSPS) is 33.9. The van der Waals surface area contributed by atoms with Crippen LogP contribution in [0.4, 0.5) is 0 Å². The molecule has 3 rings (SSSR count). The fraction of sp³-hybridized carbons (Fsp3) is 0.400. The molecule has 0 saturated heterocycles. The minimum absolute atomic E-state index is 0.152. The molecule has 0 N–H and O–H groups in total. The highest BCUT2D eigenvalue weighted by Crippen LogP contribution is 2.49. The van der Waals surface area contributed by atoms with Gasteiger partial charge in [0.1, 0.15) is 5.76 Å². The Bertz CT molecular complexity index is 548. The number of hydrogen-bond donors (Lipinski definition) is 0. The summed E-state index contributed by atoms with van der Waals surface area (Å²) in [5.41, 5.74) is 2.83. The van der Waals surface area contributed by atoms with Crippen LogP contribution >= 0.6 is 0 Å². The number of carbonyl (C=O) groups is 1. The van der Waals surface area contributed by atoms with Gasteiger partial charge in [-0.3, -0.25) is 0 Å². The van der Waals surface area contributed by atoms with E-state index in [1.807, 2.05) is 19.1 Å². The predicted molar refractivity (Wildman–Crippen MR) is 67.1 cm³/mol. The van der Waals surface area contributed by atoms with E-state index in [2.05, 4.69) is 13.8 Å². The Morgan fingerprint density at radius 3 is 2.94 bits per heavy atom. The van der Waals surface area contributed by atoms with E-state index in [4.69, 9.17) is 9.47 Å². The number of fused-ring (bicyclic) bond motifs is 2. The molecule has 0 spiro atoms. The SMILES string of the molecule is CC1=COC=CC2(C)C=C3OC(=O)C(C)=C3CC12. The molecule has 0 aromatic heterocycles. The molecule has 0 saturated carbocycles. The predicted octanol–water partition coefficient (Wildman–Crippen LogP) is 3.22. The van der Waals surface area contributed by atoms with Gasteiger partial charge in [0.2, 0.25) is 0 Å². The second-order valence-corrected chi connectivity index (χ2v) is 5.43. The molecule has 0 aromatic rings. The van der Waals surface area contributed by atoms with Crippen LogP contribution < -0.4 is 0 Å². The van der Waals surface area contributed by atoms with Crippen molar-refractivity contribution in [1.82, 2.24) is 0 Å². The van der Waals surface area contributed by atoms with Crippen LogP contribution in [0.25, 0.3) is 0 Å². The third-order valence-electron chi connectivity index (χ3n) is 4.17. The molecule has 0 bridgehead atoms. The van der Waals surface area contributed by atoms with Gasteiger partial charge in [0, 0.05) is 16.6 Å². The van der Waals surface area contributed by atoms with Gasteiger partial charge in [-0.2, -0.15) is 0 Å². The molecule has 2 unspecified atom stereocenters. The smallest absolute Gasteiger partial charge is 0.339 e. The Morgan fingerprint density at radius 1 is 1.39 bits per heavy atom. The Labute approximate surface area is 106 Å². The molecular weight excluding hydrogens is 228 g/mol. The van der Waals surface area contributed by atoms with Crippen LogP contribution in [0.2, 0.25) is 0 Å². The molecule has 18 heavy (non-hydrogen) atoms. The summed E-state index contributed by atoms with van der Waals surface area (Å²) in [5.74, 6) is 0.841. The Kier molecular flexibility index (Phi) is 2.27. The zero-order valence-electron chi connectivity index (χ0n) is 10.8. The lowest BCUT2D eigenvalue weighted by Gasteiger charge is -2.36. The van der Waals surface area contributed by atoms with Crippen molar-refractivity contribution in [2.75, 3.05) is 0 Å². The molecule has 0 radical (unpaired) electrons. The maximum Gasteiger partial charge on any atom is 0.339 e. The van der Waals surface area contributed by atoms with Crippen molar-refractivity contribution in [1.29, 1.82) is 0 Å². The highest BCUT2D eigenvalue weighted by Gasteiger charge is 2.42. The highest BCUT2D eigenvalue weighted by atomic mass is 16.5. The quantitative estimate of drug-likeness (QED) is 0.614. The standard InChI is InChI=1S/C15H16O3/c1-9-8-17-5-4-15(3)7-13-11(6-12(9)15)10(2)14(16)18-13/h4-5,7-8,12H,6H2,1-3H3. The first-order valence-electron chi connectivity index (χ1n) is 6.16. The number of esters is 1. The number of hydrogen-bond acceptors (Lipinski definition) is 3. The summed E-state index contributed by atoms with van der Waals surface area (Å²) in [6.07, 6.45) is 8.41. The van der Waals surface area contributed by atoms with Gasteiger partial charge in [-0.1, -0.05) is 6.92 Å². The third-order valence-corrected chi connectivity index (χ3v) is 4.17. The van der Waals surface area contributed by atoms with Crippen molar-refractivity contribution in [3.63, 3.8) is 0 Å². The molecule has 2 atom stereocenters. The van der Waals surface area contributed by atoms with Gasteiger partial charge in [-0.25, -0.2) is 4.79 Å². The number of allylic oxidation sites excluding steroid dienone is 4. The molecule has 1 aliphatic carbocycles. The van der Waals surface area contributed by atoms with Gasteiger partial charge in [0.05, 0.1) is 12.5 Å². The summed E-state index contributed by atoms with van der Waals surface area (Å²) >= 11 is 0. The minimum Gasteiger partial charge on any atom is -0.473 e. The van der Waals surface area contributed by atoms with Crippen LogP contribution in [0.3, 0.4) is 0 Å². The van der Waals surface area contributed by atoms with Gasteiger partial charge < -0.3 is 9.47 Å². The molecule has 0 amide bonds. The largest absolute Gasteiger partial charge is 0.473 e. The first-order valence-corrected chi connectivity index (χ1v) is 6.16. The summed E-state index contributed by atoms with van der Waals surface area (Å²) in [4.78, 5) is 11.6. The lowest BCUT2D eigenvalue weighted by molar-refractivity contribution is -0.133. The lowest BCUT2D eigenvalue weighted by Crippen LogP contribution is -2.28. The average molecular weight is 244 g/mol. The number of rotatable bonds is 0. The van der Waals surface area contributed by atoms with Crippen LogP contribution in [0, 0.1) is 11.3 Å². The summed E-state index contributed by atoms with van der Waals surface area (Å²) in [6.45, 7) is 6.05. The van der Waals surface area contributed by atoms with Crippen LogP contribution in [0.5, 0.6) is 0 Å².